The van der Waals surface area contributed by atoms with E-state index >= 15 is 0 Å². The summed E-state index contributed by atoms with van der Waals surface area (Å²) in [4.78, 5) is 16.0. The van der Waals surface area contributed by atoms with Crippen molar-refractivity contribution in [2.24, 2.45) is 10.2 Å². The van der Waals surface area contributed by atoms with E-state index in [2.05, 4.69) is 19.9 Å². The van der Waals surface area contributed by atoms with Crippen molar-refractivity contribution < 1.29 is 13.9 Å². The predicted molar refractivity (Wildman–Crippen MR) is 95.8 cm³/mol. The molecule has 0 aliphatic rings. The van der Waals surface area contributed by atoms with Crippen LogP contribution in [0.5, 0.6) is 0 Å². The smallest absolute Gasteiger partial charge is 0.337 e. The average Bonchev–Trinajstić information content (AvgIpc) is 2.98. The third-order valence-corrected chi connectivity index (χ3v) is 3.82. The van der Waals surface area contributed by atoms with Gasteiger partial charge in [-0.1, -0.05) is 20.8 Å². The van der Waals surface area contributed by atoms with Crippen LogP contribution in [0.25, 0.3) is 5.65 Å². The number of esters is 1. The number of carbonyl (C=O) groups is 1. The Labute approximate surface area is 150 Å². The molecule has 1 aromatic carbocycles. The average molecular weight is 354 g/mol. The zero-order valence-electron chi connectivity index (χ0n) is 15.0. The van der Waals surface area contributed by atoms with Crippen LogP contribution in [-0.2, 0) is 10.2 Å². The number of pyridine rings is 1. The molecule has 0 N–H and O–H groups in total. The Hall–Kier alpha value is -3.09. The molecule has 3 rings (SSSR count). The molecule has 0 aliphatic carbocycles. The van der Waals surface area contributed by atoms with E-state index in [4.69, 9.17) is 0 Å². The van der Waals surface area contributed by atoms with Crippen LogP contribution >= 0.6 is 0 Å². The zero-order valence-corrected chi connectivity index (χ0v) is 15.0. The van der Waals surface area contributed by atoms with Crippen LogP contribution < -0.4 is 0 Å². The molecule has 0 saturated carbocycles. The van der Waals surface area contributed by atoms with Crippen LogP contribution in [0.2, 0.25) is 0 Å². The second-order valence-electron chi connectivity index (χ2n) is 6.85. The fourth-order valence-corrected chi connectivity index (χ4v) is 2.49. The fourth-order valence-electron chi connectivity index (χ4n) is 2.49. The number of nitrogens with zero attached hydrogens (tertiary/aromatic N) is 4. The highest BCUT2D eigenvalue weighted by Gasteiger charge is 2.24. The highest BCUT2D eigenvalue weighted by molar-refractivity contribution is 5.89. The quantitative estimate of drug-likeness (QED) is 0.492. The van der Waals surface area contributed by atoms with Crippen molar-refractivity contribution in [2.75, 3.05) is 7.11 Å². The van der Waals surface area contributed by atoms with Crippen LogP contribution in [0, 0.1) is 5.82 Å². The molecule has 0 unspecified atom stereocenters. The van der Waals surface area contributed by atoms with Gasteiger partial charge in [-0.25, -0.2) is 14.2 Å². The molecule has 0 bridgehead atoms. The fraction of sp³-hybridized carbons (Fsp3) is 0.263. The van der Waals surface area contributed by atoms with E-state index in [9.17, 15) is 9.18 Å². The van der Waals surface area contributed by atoms with Crippen molar-refractivity contribution >= 4 is 23.1 Å². The molecule has 134 valence electrons. The predicted octanol–water partition coefficient (Wildman–Crippen LogP) is 4.97. The lowest BCUT2D eigenvalue weighted by Crippen LogP contribution is -2.11. The first-order valence-electron chi connectivity index (χ1n) is 8.08. The van der Waals surface area contributed by atoms with Crippen molar-refractivity contribution in [2.45, 2.75) is 26.2 Å². The largest absolute Gasteiger partial charge is 0.465 e. The second-order valence-corrected chi connectivity index (χ2v) is 6.85. The summed E-state index contributed by atoms with van der Waals surface area (Å²) in [5.74, 6) is -0.320. The standard InChI is InChI=1S/C19H19FN4O2/c1-19(2,3)16-17(24-11-13(20)7-10-15(24)21-16)23-22-14-8-5-12(6-9-14)18(25)26-4/h5-11H,1-4H3. The van der Waals surface area contributed by atoms with E-state index in [0.29, 0.717) is 22.7 Å². The number of aromatic nitrogens is 2. The van der Waals surface area contributed by atoms with Gasteiger partial charge in [0, 0.05) is 11.6 Å². The summed E-state index contributed by atoms with van der Waals surface area (Å²) in [5, 5.41) is 8.53. The topological polar surface area (TPSA) is 68.3 Å². The summed E-state index contributed by atoms with van der Waals surface area (Å²) in [6, 6.07) is 9.51. The highest BCUT2D eigenvalue weighted by Crippen LogP contribution is 2.33. The van der Waals surface area contributed by atoms with Crippen LogP contribution in [0.3, 0.4) is 0 Å². The van der Waals surface area contributed by atoms with Gasteiger partial charge in [0.15, 0.2) is 5.82 Å². The van der Waals surface area contributed by atoms with Gasteiger partial charge in [-0.2, -0.15) is 0 Å². The Morgan fingerprint density at radius 3 is 2.42 bits per heavy atom. The summed E-state index contributed by atoms with van der Waals surface area (Å²) in [6.45, 7) is 6.03. The van der Waals surface area contributed by atoms with E-state index < -0.39 is 5.97 Å². The van der Waals surface area contributed by atoms with E-state index in [1.165, 1.54) is 19.4 Å². The van der Waals surface area contributed by atoms with Gasteiger partial charge < -0.3 is 4.74 Å². The first-order chi connectivity index (χ1) is 12.3. The second kappa shape index (κ2) is 6.67. The van der Waals surface area contributed by atoms with Gasteiger partial charge in [-0.3, -0.25) is 4.40 Å². The van der Waals surface area contributed by atoms with Gasteiger partial charge in [-0.05, 0) is 36.4 Å². The third kappa shape index (κ3) is 3.46. The van der Waals surface area contributed by atoms with Crippen LogP contribution in [-0.4, -0.2) is 22.5 Å². The van der Waals surface area contributed by atoms with Gasteiger partial charge >= 0.3 is 5.97 Å². The van der Waals surface area contributed by atoms with E-state index in [1.54, 1.807) is 34.7 Å². The molecule has 3 aromatic rings. The number of imidazole rings is 1. The minimum absolute atomic E-state index is 0.286. The molecule has 0 fully saturated rings. The van der Waals surface area contributed by atoms with E-state index in [1.807, 2.05) is 20.8 Å². The highest BCUT2D eigenvalue weighted by atomic mass is 19.1. The monoisotopic (exact) mass is 354 g/mol. The summed E-state index contributed by atoms with van der Waals surface area (Å²) in [5.41, 5.74) is 2.03. The summed E-state index contributed by atoms with van der Waals surface area (Å²) < 4.78 is 19.9. The maximum absolute atomic E-state index is 13.7. The summed E-state index contributed by atoms with van der Waals surface area (Å²) >= 11 is 0. The Bertz CT molecular complexity index is 985. The number of hydrogen-bond acceptors (Lipinski definition) is 5. The van der Waals surface area contributed by atoms with Gasteiger partial charge in [0.25, 0.3) is 0 Å². The summed E-state index contributed by atoms with van der Waals surface area (Å²) in [6.07, 6.45) is 1.34. The number of fused-ring (bicyclic) bond motifs is 1. The van der Waals surface area contributed by atoms with E-state index in [-0.39, 0.29) is 11.2 Å². The first kappa shape index (κ1) is 17.7. The molecule has 7 heteroatoms. The van der Waals surface area contributed by atoms with Crippen LogP contribution in [0.1, 0.15) is 36.8 Å². The Morgan fingerprint density at radius 2 is 1.81 bits per heavy atom. The molecule has 26 heavy (non-hydrogen) atoms. The Kier molecular flexibility index (Phi) is 4.54. The molecule has 0 atom stereocenters. The van der Waals surface area contributed by atoms with E-state index in [0.717, 1.165) is 5.69 Å². The molecule has 0 spiro atoms. The maximum Gasteiger partial charge on any atom is 0.337 e. The lowest BCUT2D eigenvalue weighted by molar-refractivity contribution is 0.0601. The molecule has 0 amide bonds. The van der Waals surface area contributed by atoms with Crippen molar-refractivity contribution in [3.63, 3.8) is 0 Å². The Balaban J connectivity index is 2.03. The number of rotatable bonds is 3. The SMILES string of the molecule is COC(=O)c1ccc(N=Nc2c(C(C)(C)C)nc3ccc(F)cn23)cc1. The van der Waals surface area contributed by atoms with Crippen molar-refractivity contribution in [3.05, 3.63) is 59.7 Å². The number of halogens is 1. The van der Waals surface area contributed by atoms with Crippen molar-refractivity contribution in [1.29, 1.82) is 0 Å². The lowest BCUT2D eigenvalue weighted by Gasteiger charge is -2.15. The van der Waals surface area contributed by atoms with Crippen LogP contribution in [0.15, 0.2) is 52.8 Å². The zero-order chi connectivity index (χ0) is 18.9. The molecular formula is C19H19FN4O2. The molecule has 2 heterocycles. The molecule has 0 radical (unpaired) electrons. The number of ether oxygens (including phenoxy) is 1. The molecular weight excluding hydrogens is 335 g/mol. The van der Waals surface area contributed by atoms with Gasteiger partial charge in [0.2, 0.25) is 0 Å². The number of carbonyl (C=O) groups excluding carboxylic acids is 1. The summed E-state index contributed by atoms with van der Waals surface area (Å²) in [7, 11) is 1.33. The first-order valence-corrected chi connectivity index (χ1v) is 8.08. The van der Waals surface area contributed by atoms with Gasteiger partial charge in [-0.15, -0.1) is 10.2 Å². The lowest BCUT2D eigenvalue weighted by atomic mass is 9.92. The van der Waals surface area contributed by atoms with Crippen LogP contribution in [0.4, 0.5) is 15.9 Å². The Morgan fingerprint density at radius 1 is 1.12 bits per heavy atom. The minimum Gasteiger partial charge on any atom is -0.465 e. The number of methoxy groups -OCH3 is 1. The number of hydrogen-bond donors (Lipinski definition) is 0. The van der Waals surface area contributed by atoms with Gasteiger partial charge in [0.05, 0.1) is 24.1 Å². The van der Waals surface area contributed by atoms with Crippen molar-refractivity contribution in [1.82, 2.24) is 9.38 Å². The maximum atomic E-state index is 13.7. The van der Waals surface area contributed by atoms with Crippen molar-refractivity contribution in [3.8, 4) is 0 Å². The third-order valence-electron chi connectivity index (χ3n) is 3.82. The molecule has 0 aliphatic heterocycles. The molecule has 6 nitrogen and oxygen atoms in total. The molecule has 0 saturated heterocycles. The normalized spacial score (nSPS) is 12.0. The molecule has 2 aromatic heterocycles. The minimum atomic E-state index is -0.416. The number of benzene rings is 1. The van der Waals surface area contributed by atoms with Gasteiger partial charge in [0.1, 0.15) is 11.5 Å². The number of azo groups is 1.